The topological polar surface area (TPSA) is 63.2 Å². The van der Waals surface area contributed by atoms with Crippen molar-refractivity contribution in [1.82, 2.24) is 4.98 Å². The highest BCUT2D eigenvalue weighted by Crippen LogP contribution is 2.22. The molecule has 2 amide bonds. The second-order valence-corrected chi connectivity index (χ2v) is 4.61. The van der Waals surface area contributed by atoms with Crippen LogP contribution in [0.5, 0.6) is 5.88 Å². The van der Waals surface area contributed by atoms with Gasteiger partial charge in [0, 0.05) is 11.4 Å². The lowest BCUT2D eigenvalue weighted by molar-refractivity contribution is 0.262. The first kappa shape index (κ1) is 14.8. The van der Waals surface area contributed by atoms with Crippen molar-refractivity contribution in [2.45, 2.75) is 20.3 Å². The highest BCUT2D eigenvalue weighted by molar-refractivity contribution is 6.00. The number of aromatic nitrogens is 1. The Balaban J connectivity index is 2.11. The van der Waals surface area contributed by atoms with Crippen LogP contribution in [0.15, 0.2) is 36.4 Å². The van der Waals surface area contributed by atoms with Crippen LogP contribution in [0.4, 0.5) is 16.2 Å². The molecule has 5 heteroatoms. The highest BCUT2D eigenvalue weighted by Gasteiger charge is 2.10. The van der Waals surface area contributed by atoms with Gasteiger partial charge in [-0.3, -0.25) is 0 Å². The van der Waals surface area contributed by atoms with E-state index in [9.17, 15) is 4.79 Å². The maximum Gasteiger partial charge on any atom is 0.323 e. The van der Waals surface area contributed by atoms with E-state index in [0.717, 1.165) is 23.4 Å². The molecule has 2 aromatic rings. The van der Waals surface area contributed by atoms with Crippen LogP contribution in [0.2, 0.25) is 0 Å². The van der Waals surface area contributed by atoms with E-state index in [4.69, 9.17) is 4.74 Å². The van der Waals surface area contributed by atoms with Crippen LogP contribution < -0.4 is 15.4 Å². The van der Waals surface area contributed by atoms with E-state index in [1.807, 2.05) is 44.2 Å². The van der Waals surface area contributed by atoms with E-state index in [2.05, 4.69) is 15.6 Å². The molecular formula is C16H19N3O2. The summed E-state index contributed by atoms with van der Waals surface area (Å²) in [7, 11) is 1.53. The van der Waals surface area contributed by atoms with Gasteiger partial charge in [0.15, 0.2) is 0 Å². The number of nitrogens with zero attached hydrogens (tertiary/aromatic N) is 1. The molecule has 21 heavy (non-hydrogen) atoms. The fraction of sp³-hybridized carbons (Fsp3) is 0.250. The first-order chi connectivity index (χ1) is 10.1. The maximum atomic E-state index is 12.1. The summed E-state index contributed by atoms with van der Waals surface area (Å²) >= 11 is 0. The molecule has 0 spiro atoms. The number of hydrogen-bond acceptors (Lipinski definition) is 3. The SMILES string of the molecule is CCc1ccc(NC(=O)Nc2ccccc2C)c(OC)n1. The first-order valence-corrected chi connectivity index (χ1v) is 6.81. The van der Waals surface area contributed by atoms with Crippen molar-refractivity contribution < 1.29 is 9.53 Å². The Morgan fingerprint density at radius 1 is 1.14 bits per heavy atom. The number of carbonyl (C=O) groups excluding carboxylic acids is 1. The smallest absolute Gasteiger partial charge is 0.323 e. The molecule has 1 aromatic carbocycles. The average Bonchev–Trinajstić information content (AvgIpc) is 2.50. The van der Waals surface area contributed by atoms with Crippen molar-refractivity contribution >= 4 is 17.4 Å². The van der Waals surface area contributed by atoms with Gasteiger partial charge in [0.2, 0.25) is 5.88 Å². The Bertz CT molecular complexity index is 641. The Hall–Kier alpha value is -2.56. The summed E-state index contributed by atoms with van der Waals surface area (Å²) in [5.74, 6) is 0.411. The van der Waals surface area contributed by atoms with Crippen LogP contribution in [-0.2, 0) is 6.42 Å². The molecule has 0 fully saturated rings. The minimum Gasteiger partial charge on any atom is -0.480 e. The molecule has 1 aromatic heterocycles. The Kier molecular flexibility index (Phi) is 4.77. The fourth-order valence-electron chi connectivity index (χ4n) is 1.92. The lowest BCUT2D eigenvalue weighted by atomic mass is 10.2. The lowest BCUT2D eigenvalue weighted by Crippen LogP contribution is -2.20. The van der Waals surface area contributed by atoms with Crippen molar-refractivity contribution in [3.05, 3.63) is 47.7 Å². The van der Waals surface area contributed by atoms with Crippen molar-refractivity contribution in [3.63, 3.8) is 0 Å². The summed E-state index contributed by atoms with van der Waals surface area (Å²) in [6.45, 7) is 3.95. The van der Waals surface area contributed by atoms with E-state index in [0.29, 0.717) is 11.6 Å². The zero-order valence-electron chi connectivity index (χ0n) is 12.4. The minimum absolute atomic E-state index is 0.325. The maximum absolute atomic E-state index is 12.1. The van der Waals surface area contributed by atoms with E-state index in [1.54, 1.807) is 6.07 Å². The molecule has 5 nitrogen and oxygen atoms in total. The van der Waals surface area contributed by atoms with Gasteiger partial charge in [0.1, 0.15) is 5.69 Å². The highest BCUT2D eigenvalue weighted by atomic mass is 16.5. The third-order valence-corrected chi connectivity index (χ3v) is 3.12. The van der Waals surface area contributed by atoms with Crippen molar-refractivity contribution in [2.75, 3.05) is 17.7 Å². The summed E-state index contributed by atoms with van der Waals surface area (Å²) in [5, 5.41) is 5.56. The summed E-state index contributed by atoms with van der Waals surface area (Å²) in [6.07, 6.45) is 0.812. The number of benzene rings is 1. The summed E-state index contributed by atoms with van der Waals surface area (Å²) in [5.41, 5.74) is 3.23. The number of aryl methyl sites for hydroxylation is 2. The molecular weight excluding hydrogens is 266 g/mol. The standard InChI is InChI=1S/C16H19N3O2/c1-4-12-9-10-14(15(17-12)21-3)19-16(20)18-13-8-6-5-7-11(13)2/h5-10H,4H2,1-3H3,(H2,18,19,20). The number of para-hydroxylation sites is 1. The zero-order chi connectivity index (χ0) is 15.2. The number of methoxy groups -OCH3 is 1. The Labute approximate surface area is 124 Å². The quantitative estimate of drug-likeness (QED) is 0.902. The van der Waals surface area contributed by atoms with Gasteiger partial charge in [0.25, 0.3) is 0 Å². The summed E-state index contributed by atoms with van der Waals surface area (Å²) in [6, 6.07) is 10.9. The van der Waals surface area contributed by atoms with Gasteiger partial charge in [-0.1, -0.05) is 25.1 Å². The number of carbonyl (C=O) groups is 1. The van der Waals surface area contributed by atoms with Crippen LogP contribution in [0.1, 0.15) is 18.2 Å². The van der Waals surface area contributed by atoms with Gasteiger partial charge >= 0.3 is 6.03 Å². The lowest BCUT2D eigenvalue weighted by Gasteiger charge is -2.12. The number of ether oxygens (including phenoxy) is 1. The van der Waals surface area contributed by atoms with Gasteiger partial charge < -0.3 is 15.4 Å². The molecule has 2 rings (SSSR count). The third-order valence-electron chi connectivity index (χ3n) is 3.12. The molecule has 0 aliphatic heterocycles. The van der Waals surface area contributed by atoms with Crippen LogP contribution in [-0.4, -0.2) is 18.1 Å². The van der Waals surface area contributed by atoms with Crippen molar-refractivity contribution in [1.29, 1.82) is 0 Å². The minimum atomic E-state index is -0.325. The van der Waals surface area contributed by atoms with Crippen molar-refractivity contribution in [3.8, 4) is 5.88 Å². The molecule has 0 radical (unpaired) electrons. The van der Waals surface area contributed by atoms with Crippen LogP contribution in [0, 0.1) is 6.92 Å². The molecule has 0 atom stereocenters. The number of nitrogens with one attached hydrogen (secondary N) is 2. The monoisotopic (exact) mass is 285 g/mol. The average molecular weight is 285 g/mol. The zero-order valence-corrected chi connectivity index (χ0v) is 12.4. The van der Waals surface area contributed by atoms with Crippen LogP contribution >= 0.6 is 0 Å². The fourth-order valence-corrected chi connectivity index (χ4v) is 1.92. The van der Waals surface area contributed by atoms with Crippen molar-refractivity contribution in [2.24, 2.45) is 0 Å². The number of pyridine rings is 1. The number of amides is 2. The second-order valence-electron chi connectivity index (χ2n) is 4.61. The Morgan fingerprint density at radius 3 is 2.52 bits per heavy atom. The van der Waals surface area contributed by atoms with Gasteiger partial charge in [-0.05, 0) is 37.1 Å². The predicted octanol–water partition coefficient (Wildman–Crippen LogP) is 3.61. The van der Waals surface area contributed by atoms with Gasteiger partial charge in [0.05, 0.1) is 7.11 Å². The summed E-state index contributed by atoms with van der Waals surface area (Å²) in [4.78, 5) is 16.4. The van der Waals surface area contributed by atoms with Gasteiger partial charge in [-0.25, -0.2) is 9.78 Å². The molecule has 0 aliphatic carbocycles. The molecule has 110 valence electrons. The van der Waals surface area contributed by atoms with E-state index in [-0.39, 0.29) is 6.03 Å². The first-order valence-electron chi connectivity index (χ1n) is 6.81. The molecule has 0 saturated heterocycles. The Morgan fingerprint density at radius 2 is 1.86 bits per heavy atom. The molecule has 0 unspecified atom stereocenters. The third kappa shape index (κ3) is 3.72. The number of rotatable bonds is 4. The molecule has 2 N–H and O–H groups in total. The molecule has 0 aliphatic rings. The normalized spacial score (nSPS) is 10.0. The van der Waals surface area contributed by atoms with E-state index >= 15 is 0 Å². The summed E-state index contributed by atoms with van der Waals surface area (Å²) < 4.78 is 5.21. The number of hydrogen-bond donors (Lipinski definition) is 2. The molecule has 1 heterocycles. The van der Waals surface area contributed by atoms with Gasteiger partial charge in [-0.2, -0.15) is 0 Å². The van der Waals surface area contributed by atoms with E-state index in [1.165, 1.54) is 7.11 Å². The largest absolute Gasteiger partial charge is 0.480 e. The van der Waals surface area contributed by atoms with Crippen LogP contribution in [0.3, 0.4) is 0 Å². The second kappa shape index (κ2) is 6.74. The molecule has 0 saturated carbocycles. The molecule has 0 bridgehead atoms. The van der Waals surface area contributed by atoms with Gasteiger partial charge in [-0.15, -0.1) is 0 Å². The number of anilines is 2. The van der Waals surface area contributed by atoms with E-state index < -0.39 is 0 Å². The van der Waals surface area contributed by atoms with Crippen LogP contribution in [0.25, 0.3) is 0 Å². The number of urea groups is 1. The predicted molar refractivity (Wildman–Crippen MR) is 84.0 cm³/mol.